The fourth-order valence-corrected chi connectivity index (χ4v) is 6.22. The summed E-state index contributed by atoms with van der Waals surface area (Å²) in [5.74, 6) is 1.14. The van der Waals surface area contributed by atoms with Gasteiger partial charge in [-0.2, -0.15) is 0 Å². The summed E-state index contributed by atoms with van der Waals surface area (Å²) in [6, 6.07) is 14.2. The number of thioether (sulfide) groups is 1. The Hall–Kier alpha value is -2.01. The molecule has 4 heterocycles. The van der Waals surface area contributed by atoms with Gasteiger partial charge >= 0.3 is 0 Å². The van der Waals surface area contributed by atoms with Crippen molar-refractivity contribution >= 4 is 22.6 Å². The molecule has 2 saturated heterocycles. The van der Waals surface area contributed by atoms with Crippen LogP contribution in [0.25, 0.3) is 0 Å². The largest absolute Gasteiger partial charge is 0.371 e. The molecule has 0 bridgehead atoms. The van der Waals surface area contributed by atoms with Crippen molar-refractivity contribution in [2.24, 2.45) is 4.99 Å². The highest BCUT2D eigenvalue weighted by atomic mass is 32.2. The lowest BCUT2D eigenvalue weighted by molar-refractivity contribution is 0.255. The minimum Gasteiger partial charge on any atom is -0.371 e. The molecule has 5 heteroatoms. The van der Waals surface area contributed by atoms with Crippen LogP contribution in [0.15, 0.2) is 47.6 Å². The molecule has 0 N–H and O–H groups in total. The van der Waals surface area contributed by atoms with E-state index in [0.717, 1.165) is 17.9 Å². The van der Waals surface area contributed by atoms with Crippen LogP contribution in [0.1, 0.15) is 55.1 Å². The van der Waals surface area contributed by atoms with Crippen molar-refractivity contribution in [3.05, 3.63) is 59.4 Å². The van der Waals surface area contributed by atoms with Crippen molar-refractivity contribution in [2.45, 2.75) is 51.2 Å². The number of anilines is 1. The zero-order chi connectivity index (χ0) is 19.1. The molecule has 0 amide bonds. The number of aryl methyl sites for hydroxylation is 1. The van der Waals surface area contributed by atoms with Crippen molar-refractivity contribution in [3.8, 4) is 0 Å². The minimum absolute atomic E-state index is 0.0788. The number of pyridine rings is 1. The lowest BCUT2D eigenvalue weighted by Crippen LogP contribution is -2.35. The van der Waals surface area contributed by atoms with Gasteiger partial charge in [0.2, 0.25) is 0 Å². The van der Waals surface area contributed by atoms with Gasteiger partial charge in [-0.15, -0.1) is 0 Å². The summed E-state index contributed by atoms with van der Waals surface area (Å²) in [7, 11) is 0. The predicted octanol–water partition coefficient (Wildman–Crippen LogP) is 4.97. The number of nitrogens with zero attached hydrogens (tertiary/aromatic N) is 4. The van der Waals surface area contributed by atoms with E-state index in [0.29, 0.717) is 6.04 Å². The molecule has 0 radical (unpaired) electrons. The van der Waals surface area contributed by atoms with Crippen LogP contribution in [0.2, 0.25) is 0 Å². The van der Waals surface area contributed by atoms with Crippen molar-refractivity contribution in [3.63, 3.8) is 0 Å². The van der Waals surface area contributed by atoms with E-state index in [4.69, 9.17) is 4.99 Å². The van der Waals surface area contributed by atoms with E-state index in [2.05, 4.69) is 59.0 Å². The Balaban J connectivity index is 1.54. The molecule has 3 aliphatic rings. The first-order valence-electron chi connectivity index (χ1n) is 10.5. The van der Waals surface area contributed by atoms with Crippen molar-refractivity contribution in [2.75, 3.05) is 23.7 Å². The molecule has 1 aromatic heterocycles. The fraction of sp³-hybridized carbons (Fsp3) is 0.478. The number of benzene rings is 1. The Morgan fingerprint density at radius 1 is 1.14 bits per heavy atom. The van der Waals surface area contributed by atoms with Gasteiger partial charge in [0.15, 0.2) is 5.17 Å². The molecular formula is C23H28N4S. The highest BCUT2D eigenvalue weighted by Crippen LogP contribution is 2.49. The molecule has 146 valence electrons. The molecule has 4 nitrogen and oxygen atoms in total. The van der Waals surface area contributed by atoms with Gasteiger partial charge in [0.1, 0.15) is 6.04 Å². The van der Waals surface area contributed by atoms with Gasteiger partial charge in [0.25, 0.3) is 0 Å². The summed E-state index contributed by atoms with van der Waals surface area (Å²) < 4.78 is 0. The Morgan fingerprint density at radius 2 is 2.00 bits per heavy atom. The van der Waals surface area contributed by atoms with Crippen molar-refractivity contribution in [1.82, 2.24) is 9.88 Å². The highest BCUT2D eigenvalue weighted by Gasteiger charge is 2.45. The van der Waals surface area contributed by atoms with Crippen LogP contribution in [0.3, 0.4) is 0 Å². The molecule has 2 aromatic rings. The van der Waals surface area contributed by atoms with Crippen LogP contribution in [-0.4, -0.2) is 39.9 Å². The van der Waals surface area contributed by atoms with Crippen LogP contribution in [-0.2, 0) is 0 Å². The van der Waals surface area contributed by atoms with E-state index in [1.54, 1.807) is 0 Å². The highest BCUT2D eigenvalue weighted by molar-refractivity contribution is 8.14. The maximum Gasteiger partial charge on any atom is 0.160 e. The molecule has 0 spiro atoms. The molecule has 3 aliphatic heterocycles. The van der Waals surface area contributed by atoms with Crippen LogP contribution in [0.4, 0.5) is 5.69 Å². The van der Waals surface area contributed by atoms with E-state index >= 15 is 0 Å². The number of hydrogen-bond acceptors (Lipinski definition) is 5. The molecule has 1 aromatic carbocycles. The van der Waals surface area contributed by atoms with Gasteiger partial charge in [-0.05, 0) is 55.5 Å². The SMILES string of the molecule is CC[C@H]1CSC2=N[C@H](c3ccccn3)[C@@H](c3ccc(N4CCCC4)c(C)c3)N21. The van der Waals surface area contributed by atoms with E-state index in [1.165, 1.54) is 47.9 Å². The lowest BCUT2D eigenvalue weighted by atomic mass is 9.93. The first-order valence-corrected chi connectivity index (χ1v) is 11.5. The van der Waals surface area contributed by atoms with E-state index in [-0.39, 0.29) is 12.1 Å². The lowest BCUT2D eigenvalue weighted by Gasteiger charge is -2.32. The Morgan fingerprint density at radius 3 is 2.71 bits per heavy atom. The molecular weight excluding hydrogens is 364 g/mol. The molecule has 0 unspecified atom stereocenters. The normalized spacial score (nSPS) is 26.6. The summed E-state index contributed by atoms with van der Waals surface area (Å²) in [6.45, 7) is 6.93. The quantitative estimate of drug-likeness (QED) is 0.735. The monoisotopic (exact) mass is 392 g/mol. The Kier molecular flexibility index (Phi) is 4.79. The molecule has 0 aliphatic carbocycles. The zero-order valence-electron chi connectivity index (χ0n) is 16.7. The third-order valence-electron chi connectivity index (χ3n) is 6.34. The van der Waals surface area contributed by atoms with Gasteiger partial charge in [-0.25, -0.2) is 0 Å². The molecule has 0 saturated carbocycles. The number of rotatable bonds is 4. The smallest absolute Gasteiger partial charge is 0.160 e. The Labute approximate surface area is 172 Å². The standard InChI is InChI=1S/C23H28N4S/c1-3-18-15-28-23-25-21(19-8-4-5-11-24-19)22(27(18)23)17-9-10-20(16(2)14-17)26-12-6-7-13-26/h4-5,8-11,14,18,21-22H,3,6-7,12-13,15H2,1-2H3/t18-,21+,22+/m0/s1. The maximum absolute atomic E-state index is 5.14. The topological polar surface area (TPSA) is 31.7 Å². The zero-order valence-corrected chi connectivity index (χ0v) is 17.5. The first-order chi connectivity index (χ1) is 13.8. The van der Waals surface area contributed by atoms with Crippen molar-refractivity contribution < 1.29 is 0 Å². The van der Waals surface area contributed by atoms with Crippen LogP contribution in [0.5, 0.6) is 0 Å². The molecule has 28 heavy (non-hydrogen) atoms. The van der Waals surface area contributed by atoms with Gasteiger partial charge < -0.3 is 9.80 Å². The number of aliphatic imine (C=N–C) groups is 1. The minimum atomic E-state index is 0.0788. The van der Waals surface area contributed by atoms with E-state index < -0.39 is 0 Å². The summed E-state index contributed by atoms with van der Waals surface area (Å²) in [4.78, 5) is 14.9. The number of aromatic nitrogens is 1. The van der Waals surface area contributed by atoms with Crippen LogP contribution >= 0.6 is 11.8 Å². The summed E-state index contributed by atoms with van der Waals surface area (Å²) in [6.07, 6.45) is 5.67. The van der Waals surface area contributed by atoms with Gasteiger partial charge in [0.05, 0.1) is 11.7 Å². The van der Waals surface area contributed by atoms with Gasteiger partial charge in [0, 0.05) is 36.8 Å². The molecule has 5 rings (SSSR count). The number of hydrogen-bond donors (Lipinski definition) is 0. The van der Waals surface area contributed by atoms with Crippen LogP contribution in [0, 0.1) is 6.92 Å². The van der Waals surface area contributed by atoms with Crippen LogP contribution < -0.4 is 4.90 Å². The second-order valence-corrected chi connectivity index (χ2v) is 9.06. The number of fused-ring (bicyclic) bond motifs is 1. The average molecular weight is 393 g/mol. The summed E-state index contributed by atoms with van der Waals surface area (Å²) in [5, 5.41) is 1.20. The van der Waals surface area contributed by atoms with E-state index in [1.807, 2.05) is 24.0 Å². The van der Waals surface area contributed by atoms with E-state index in [9.17, 15) is 0 Å². The summed E-state index contributed by atoms with van der Waals surface area (Å²) >= 11 is 1.91. The third kappa shape index (κ3) is 3.00. The average Bonchev–Trinajstić information content (AvgIpc) is 3.45. The predicted molar refractivity (Wildman–Crippen MR) is 118 cm³/mol. The molecule has 2 fully saturated rings. The van der Waals surface area contributed by atoms with Gasteiger partial charge in [-0.1, -0.05) is 36.9 Å². The van der Waals surface area contributed by atoms with Gasteiger partial charge in [-0.3, -0.25) is 9.98 Å². The maximum atomic E-state index is 5.14. The first kappa shape index (κ1) is 18.0. The third-order valence-corrected chi connectivity index (χ3v) is 7.46. The summed E-state index contributed by atoms with van der Waals surface area (Å²) in [5.41, 5.74) is 5.23. The number of amidine groups is 1. The second kappa shape index (κ2) is 7.43. The Bertz CT molecular complexity index is 875. The molecule has 3 atom stereocenters. The second-order valence-electron chi connectivity index (χ2n) is 8.08. The van der Waals surface area contributed by atoms with Crippen molar-refractivity contribution in [1.29, 1.82) is 0 Å². The fourth-order valence-electron chi connectivity index (χ4n) is 4.89.